The summed E-state index contributed by atoms with van der Waals surface area (Å²) in [6.07, 6.45) is 3.35. The van der Waals surface area contributed by atoms with E-state index in [9.17, 15) is 9.59 Å². The van der Waals surface area contributed by atoms with Crippen LogP contribution in [0.15, 0.2) is 24.3 Å². The van der Waals surface area contributed by atoms with Crippen molar-refractivity contribution in [3.63, 3.8) is 0 Å². The number of nitrogens with one attached hydrogen (secondary N) is 1. The Kier molecular flexibility index (Phi) is 6.61. The summed E-state index contributed by atoms with van der Waals surface area (Å²) in [7, 11) is 0. The molecular formula is C26H35N3O4. The van der Waals surface area contributed by atoms with Gasteiger partial charge in [0.2, 0.25) is 0 Å². The van der Waals surface area contributed by atoms with E-state index in [0.29, 0.717) is 25.1 Å². The van der Waals surface area contributed by atoms with Gasteiger partial charge in [-0.1, -0.05) is 39.0 Å². The van der Waals surface area contributed by atoms with Gasteiger partial charge in [-0.2, -0.15) is 5.10 Å². The molecule has 1 N–H and O–H groups in total. The molecule has 1 amide bonds. The largest absolute Gasteiger partial charge is 0.461 e. The van der Waals surface area contributed by atoms with Crippen LogP contribution in [0, 0.1) is 17.8 Å². The zero-order valence-electron chi connectivity index (χ0n) is 20.2. The minimum atomic E-state index is -0.352. The summed E-state index contributed by atoms with van der Waals surface area (Å²) in [4.78, 5) is 25.7. The van der Waals surface area contributed by atoms with Crippen LogP contribution in [0.4, 0.5) is 0 Å². The molecule has 1 saturated heterocycles. The van der Waals surface area contributed by atoms with Crippen LogP contribution in [0.25, 0.3) is 0 Å². The van der Waals surface area contributed by atoms with Crippen molar-refractivity contribution in [2.75, 3.05) is 26.4 Å². The van der Waals surface area contributed by atoms with Crippen LogP contribution in [0.1, 0.15) is 71.3 Å². The molecule has 0 atom stereocenters. The number of aryl methyl sites for hydroxylation is 2. The van der Waals surface area contributed by atoms with Crippen LogP contribution in [0.2, 0.25) is 0 Å². The van der Waals surface area contributed by atoms with Crippen molar-refractivity contribution in [1.29, 1.82) is 0 Å². The lowest BCUT2D eigenvalue weighted by Crippen LogP contribution is -2.41. The van der Waals surface area contributed by atoms with Gasteiger partial charge in [0.1, 0.15) is 0 Å². The number of hydrogen-bond acceptors (Lipinski definition) is 5. The number of carbonyl (C=O) groups is 2. The smallest absolute Gasteiger partial charge is 0.338 e. The van der Waals surface area contributed by atoms with E-state index in [1.807, 2.05) is 36.7 Å². The molecule has 1 spiro atoms. The second kappa shape index (κ2) is 9.29. The lowest BCUT2D eigenvalue weighted by molar-refractivity contribution is 0.0145. The van der Waals surface area contributed by atoms with Crippen molar-refractivity contribution >= 4 is 11.9 Å². The topological polar surface area (TPSA) is 82.5 Å². The van der Waals surface area contributed by atoms with Gasteiger partial charge in [-0.25, -0.2) is 4.79 Å². The number of nitrogens with zero attached hydrogens (tertiary/aromatic N) is 2. The minimum Gasteiger partial charge on any atom is -0.461 e. The number of hydrogen-bond donors (Lipinski definition) is 1. The van der Waals surface area contributed by atoms with Crippen LogP contribution in [0.3, 0.4) is 0 Å². The summed E-state index contributed by atoms with van der Waals surface area (Å²) in [5.74, 6) is -0.337. The highest BCUT2D eigenvalue weighted by molar-refractivity contribution is 5.97. The van der Waals surface area contributed by atoms with Gasteiger partial charge >= 0.3 is 5.97 Å². The zero-order chi connectivity index (χ0) is 23.6. The Hall–Kier alpha value is -2.67. The summed E-state index contributed by atoms with van der Waals surface area (Å²) in [5, 5.41) is 8.01. The summed E-state index contributed by atoms with van der Waals surface area (Å²) < 4.78 is 13.3. The number of fused-ring (bicyclic) bond motifs is 1. The van der Waals surface area contributed by atoms with Crippen molar-refractivity contribution in [3.8, 4) is 0 Å². The molecule has 2 aromatic rings. The molecule has 1 aromatic carbocycles. The second-order valence-corrected chi connectivity index (χ2v) is 10.3. The Morgan fingerprint density at radius 1 is 1.27 bits per heavy atom. The molecular weight excluding hydrogens is 418 g/mol. The summed E-state index contributed by atoms with van der Waals surface area (Å²) in [6, 6.07) is 7.45. The number of carbonyl (C=O) groups excluding carboxylic acids is 2. The second-order valence-electron chi connectivity index (χ2n) is 10.3. The number of aromatic nitrogens is 2. The lowest BCUT2D eigenvalue weighted by Gasteiger charge is -2.36. The predicted molar refractivity (Wildman–Crippen MR) is 125 cm³/mol. The molecule has 3 heterocycles. The van der Waals surface area contributed by atoms with Crippen LogP contribution in [0.5, 0.6) is 0 Å². The Labute approximate surface area is 195 Å². The summed E-state index contributed by atoms with van der Waals surface area (Å²) >= 11 is 0. The number of amides is 1. The average Bonchev–Trinajstić information content (AvgIpc) is 3.05. The Morgan fingerprint density at radius 3 is 2.70 bits per heavy atom. The van der Waals surface area contributed by atoms with E-state index in [2.05, 4.69) is 19.2 Å². The molecule has 0 saturated carbocycles. The summed E-state index contributed by atoms with van der Waals surface area (Å²) in [6.45, 7) is 11.0. The minimum absolute atomic E-state index is 0.00337. The third kappa shape index (κ3) is 4.98. The van der Waals surface area contributed by atoms with Gasteiger partial charge in [-0.15, -0.1) is 0 Å². The highest BCUT2D eigenvalue weighted by atomic mass is 16.5. The molecule has 1 aromatic heterocycles. The van der Waals surface area contributed by atoms with Gasteiger partial charge in [0.05, 0.1) is 29.1 Å². The third-order valence-corrected chi connectivity index (χ3v) is 6.95. The molecule has 4 rings (SSSR count). The first-order valence-corrected chi connectivity index (χ1v) is 11.9. The normalized spacial score (nSPS) is 17.9. The van der Waals surface area contributed by atoms with Gasteiger partial charge < -0.3 is 14.8 Å². The van der Waals surface area contributed by atoms with Crippen LogP contribution in [-0.2, 0) is 28.9 Å². The van der Waals surface area contributed by atoms with Crippen molar-refractivity contribution in [2.45, 2.75) is 59.9 Å². The molecule has 7 heteroatoms. The standard InChI is InChI=1S/C26H35N3O4/c1-5-20-22-21(14-26(15-27-23(22)30)10-12-32-13-11-26)29(28-20)16-25(3,4)17-33-24(31)19-9-7-6-8-18(19)2/h6-9H,5,10-17H2,1-4H3,(H,27,30). The molecule has 2 aliphatic heterocycles. The maximum absolute atomic E-state index is 13.0. The molecule has 0 radical (unpaired) electrons. The Bertz CT molecular complexity index is 1030. The first-order valence-electron chi connectivity index (χ1n) is 11.9. The van der Waals surface area contributed by atoms with Crippen LogP contribution >= 0.6 is 0 Å². The zero-order valence-corrected chi connectivity index (χ0v) is 20.2. The van der Waals surface area contributed by atoms with E-state index < -0.39 is 0 Å². The monoisotopic (exact) mass is 453 g/mol. The number of ether oxygens (including phenoxy) is 2. The summed E-state index contributed by atoms with van der Waals surface area (Å²) in [5.41, 5.74) is 3.71. The molecule has 33 heavy (non-hydrogen) atoms. The van der Waals surface area contributed by atoms with Crippen molar-refractivity contribution < 1.29 is 19.1 Å². The lowest BCUT2D eigenvalue weighted by atomic mass is 9.76. The van der Waals surface area contributed by atoms with Crippen molar-refractivity contribution in [3.05, 3.63) is 52.3 Å². The van der Waals surface area contributed by atoms with E-state index in [0.717, 1.165) is 55.0 Å². The molecule has 0 unspecified atom stereocenters. The van der Waals surface area contributed by atoms with E-state index in [1.165, 1.54) is 0 Å². The molecule has 7 nitrogen and oxygen atoms in total. The SMILES string of the molecule is CCc1nn(CC(C)(C)COC(=O)c2ccccc2C)c2c1C(=O)NCC1(CCOCC1)C2. The van der Waals surface area contributed by atoms with E-state index >= 15 is 0 Å². The van der Waals surface area contributed by atoms with Crippen LogP contribution in [-0.4, -0.2) is 48.0 Å². The van der Waals surface area contributed by atoms with Gasteiger partial charge in [0, 0.05) is 31.7 Å². The highest BCUT2D eigenvalue weighted by Crippen LogP contribution is 2.38. The molecule has 1 fully saturated rings. The molecule has 0 aliphatic carbocycles. The van der Waals surface area contributed by atoms with Crippen molar-refractivity contribution in [2.24, 2.45) is 10.8 Å². The van der Waals surface area contributed by atoms with E-state index in [4.69, 9.17) is 14.6 Å². The van der Waals surface area contributed by atoms with Gasteiger partial charge in [-0.05, 0) is 49.7 Å². The average molecular weight is 454 g/mol. The van der Waals surface area contributed by atoms with E-state index in [1.54, 1.807) is 6.07 Å². The molecule has 0 bridgehead atoms. The van der Waals surface area contributed by atoms with Crippen molar-refractivity contribution in [1.82, 2.24) is 15.1 Å². The fourth-order valence-corrected chi connectivity index (χ4v) is 4.90. The van der Waals surface area contributed by atoms with Gasteiger partial charge in [0.15, 0.2) is 0 Å². The van der Waals surface area contributed by atoms with Gasteiger partial charge in [-0.3, -0.25) is 9.48 Å². The number of rotatable bonds is 6. The predicted octanol–water partition coefficient (Wildman–Crippen LogP) is 3.72. The first-order chi connectivity index (χ1) is 15.7. The fourth-order valence-electron chi connectivity index (χ4n) is 4.90. The molecule has 178 valence electrons. The van der Waals surface area contributed by atoms with Crippen LogP contribution < -0.4 is 5.32 Å². The van der Waals surface area contributed by atoms with Gasteiger partial charge in [0.25, 0.3) is 5.91 Å². The maximum Gasteiger partial charge on any atom is 0.338 e. The quantitative estimate of drug-likeness (QED) is 0.674. The maximum atomic E-state index is 13.0. The molecule has 2 aliphatic rings. The fraction of sp³-hybridized carbons (Fsp3) is 0.577. The third-order valence-electron chi connectivity index (χ3n) is 6.95. The number of benzene rings is 1. The number of esters is 1. The Balaban J connectivity index is 1.56. The first kappa shape index (κ1) is 23.5. The Morgan fingerprint density at radius 2 is 2.00 bits per heavy atom. The van der Waals surface area contributed by atoms with E-state index in [-0.39, 0.29) is 29.3 Å². The highest BCUT2D eigenvalue weighted by Gasteiger charge is 2.40.